The molecule has 0 aromatic carbocycles. The summed E-state index contributed by atoms with van der Waals surface area (Å²) in [7, 11) is 0. The number of hydrogen-bond donors (Lipinski definition) is 0. The van der Waals surface area contributed by atoms with Crippen molar-refractivity contribution in [3.63, 3.8) is 0 Å². The molecule has 0 N–H and O–H groups in total. The van der Waals surface area contributed by atoms with Crippen LogP contribution in [0.1, 0.15) is 6.42 Å². The molecule has 0 unspecified atom stereocenters. The first-order valence-corrected chi connectivity index (χ1v) is 4.96. The zero-order valence-corrected chi connectivity index (χ0v) is 8.55. The van der Waals surface area contributed by atoms with Crippen molar-refractivity contribution in [3.05, 3.63) is 36.0 Å². The van der Waals surface area contributed by atoms with Gasteiger partial charge in [-0.1, -0.05) is 30.4 Å². The van der Waals surface area contributed by atoms with Crippen molar-refractivity contribution in [2.45, 2.75) is 6.42 Å². The highest BCUT2D eigenvalue weighted by Gasteiger charge is 2.05. The van der Waals surface area contributed by atoms with Crippen molar-refractivity contribution in [2.75, 3.05) is 5.88 Å². The van der Waals surface area contributed by atoms with E-state index in [1.54, 1.807) is 12.2 Å². The van der Waals surface area contributed by atoms with E-state index in [-0.39, 0.29) is 0 Å². The van der Waals surface area contributed by atoms with Crippen LogP contribution >= 0.6 is 23.2 Å². The molecule has 0 saturated carbocycles. The van der Waals surface area contributed by atoms with Gasteiger partial charge in [0.2, 0.25) is 0 Å². The lowest BCUT2D eigenvalue weighted by molar-refractivity contribution is -0.108. The van der Waals surface area contributed by atoms with E-state index in [1.165, 1.54) is 0 Å². The lowest BCUT2D eigenvalue weighted by Crippen LogP contribution is -1.98. The molecule has 0 fully saturated rings. The Hall–Kier alpha value is -0.530. The maximum absolute atomic E-state index is 10.8. The third-order valence-corrected chi connectivity index (χ3v) is 2.44. The van der Waals surface area contributed by atoms with Crippen LogP contribution in [0.4, 0.5) is 0 Å². The Morgan fingerprint density at radius 3 is 3.00 bits per heavy atom. The van der Waals surface area contributed by atoms with E-state index in [2.05, 4.69) is 0 Å². The Kier molecular flexibility index (Phi) is 4.26. The van der Waals surface area contributed by atoms with Gasteiger partial charge in [-0.25, -0.2) is 0 Å². The fourth-order valence-corrected chi connectivity index (χ4v) is 1.42. The molecular weight excluding hydrogens is 207 g/mol. The van der Waals surface area contributed by atoms with Gasteiger partial charge in [-0.2, -0.15) is 0 Å². The van der Waals surface area contributed by atoms with Crippen molar-refractivity contribution >= 4 is 28.4 Å². The number of carbonyl (C=O) groups excluding carboxylic acids is 1. The van der Waals surface area contributed by atoms with Crippen LogP contribution in [0.25, 0.3) is 0 Å². The van der Waals surface area contributed by atoms with Crippen molar-refractivity contribution in [3.8, 4) is 0 Å². The molecule has 0 amide bonds. The van der Waals surface area contributed by atoms with Crippen molar-refractivity contribution in [1.29, 1.82) is 0 Å². The van der Waals surface area contributed by atoms with Gasteiger partial charge < -0.3 is 0 Å². The number of halogens is 2. The van der Waals surface area contributed by atoms with Gasteiger partial charge in [0.25, 0.3) is 5.24 Å². The molecule has 0 radical (unpaired) electrons. The molecule has 3 heteroatoms. The van der Waals surface area contributed by atoms with Crippen molar-refractivity contribution in [1.82, 2.24) is 0 Å². The van der Waals surface area contributed by atoms with Gasteiger partial charge in [0, 0.05) is 11.5 Å². The minimum Gasteiger partial charge on any atom is -0.276 e. The third kappa shape index (κ3) is 3.37. The molecule has 0 aliphatic heterocycles. The molecule has 0 aromatic heterocycles. The highest BCUT2D eigenvalue weighted by molar-refractivity contribution is 6.68. The van der Waals surface area contributed by atoms with E-state index < -0.39 is 5.24 Å². The van der Waals surface area contributed by atoms with Crippen LogP contribution in [0.15, 0.2) is 36.0 Å². The normalized spacial score (nSPS) is 24.5. The van der Waals surface area contributed by atoms with Crippen molar-refractivity contribution in [2.24, 2.45) is 5.92 Å². The Morgan fingerprint density at radius 2 is 2.38 bits per heavy atom. The first kappa shape index (κ1) is 10.6. The summed E-state index contributed by atoms with van der Waals surface area (Å²) in [4.78, 5) is 10.8. The predicted molar refractivity (Wildman–Crippen MR) is 56.1 cm³/mol. The molecule has 13 heavy (non-hydrogen) atoms. The average Bonchev–Trinajstić information content (AvgIpc) is 2.03. The number of hydrogen-bond acceptors (Lipinski definition) is 1. The van der Waals surface area contributed by atoms with Gasteiger partial charge in [0.05, 0.1) is 0 Å². The molecular formula is C10H10Cl2O. The van der Waals surface area contributed by atoms with Gasteiger partial charge in [-0.05, 0) is 23.9 Å². The molecule has 1 nitrogen and oxygen atoms in total. The molecule has 1 atom stereocenters. The zero-order chi connectivity index (χ0) is 9.68. The smallest absolute Gasteiger partial charge is 0.252 e. The van der Waals surface area contributed by atoms with Crippen LogP contribution in [0, 0.1) is 5.92 Å². The summed E-state index contributed by atoms with van der Waals surface area (Å²) < 4.78 is 0. The van der Waals surface area contributed by atoms with Crippen LogP contribution in [0.5, 0.6) is 0 Å². The molecule has 1 rings (SSSR count). The number of alkyl halides is 1. The first-order chi connectivity index (χ1) is 6.24. The Labute approximate surface area is 87.7 Å². The van der Waals surface area contributed by atoms with Gasteiger partial charge in [0.15, 0.2) is 0 Å². The van der Waals surface area contributed by atoms with E-state index in [9.17, 15) is 4.79 Å². The lowest BCUT2D eigenvalue weighted by Gasteiger charge is -2.06. The summed E-state index contributed by atoms with van der Waals surface area (Å²) >= 11 is 11.0. The lowest BCUT2D eigenvalue weighted by atomic mass is 10.0. The van der Waals surface area contributed by atoms with E-state index in [1.807, 2.05) is 18.2 Å². The van der Waals surface area contributed by atoms with E-state index in [0.717, 1.165) is 6.42 Å². The highest BCUT2D eigenvalue weighted by atomic mass is 35.5. The fourth-order valence-electron chi connectivity index (χ4n) is 1.07. The summed E-state index contributed by atoms with van der Waals surface area (Å²) in [5, 5.41) is -0.426. The Balaban J connectivity index is 2.78. The third-order valence-electron chi connectivity index (χ3n) is 1.82. The molecule has 0 spiro atoms. The SMILES string of the molecule is O=C(Cl)C1=C/C=C/[C@H](CCl)CC=C1. The molecule has 1 aliphatic carbocycles. The second kappa shape index (κ2) is 5.25. The van der Waals surface area contributed by atoms with Crippen LogP contribution < -0.4 is 0 Å². The average molecular weight is 217 g/mol. The van der Waals surface area contributed by atoms with Crippen LogP contribution in [0.3, 0.4) is 0 Å². The van der Waals surface area contributed by atoms with E-state index in [0.29, 0.717) is 17.4 Å². The fraction of sp³-hybridized carbons (Fsp3) is 0.300. The summed E-state index contributed by atoms with van der Waals surface area (Å²) in [6, 6.07) is 0. The minimum atomic E-state index is -0.426. The standard InChI is InChI=1S/C10H10Cl2O/c11-7-8-3-1-5-9(10(12)13)6-2-4-8/h1-3,5-6,8H,4,7H2/b3-1+,6-2?,9-5?/t8-/m0/s1. The Bertz CT molecular complexity index is 277. The quantitative estimate of drug-likeness (QED) is 0.513. The molecule has 0 saturated heterocycles. The first-order valence-electron chi connectivity index (χ1n) is 4.05. The second-order valence-electron chi connectivity index (χ2n) is 2.83. The van der Waals surface area contributed by atoms with Crippen LogP contribution in [-0.2, 0) is 4.79 Å². The summed E-state index contributed by atoms with van der Waals surface area (Å²) in [5.74, 6) is 0.944. The minimum absolute atomic E-state index is 0.348. The molecule has 0 bridgehead atoms. The molecule has 0 heterocycles. The zero-order valence-electron chi connectivity index (χ0n) is 7.04. The maximum atomic E-state index is 10.8. The van der Waals surface area contributed by atoms with Gasteiger partial charge in [-0.15, -0.1) is 11.6 Å². The summed E-state index contributed by atoms with van der Waals surface area (Å²) in [6.45, 7) is 0. The topological polar surface area (TPSA) is 17.1 Å². The van der Waals surface area contributed by atoms with Crippen LogP contribution in [0.2, 0.25) is 0 Å². The largest absolute Gasteiger partial charge is 0.276 e. The second-order valence-corrected chi connectivity index (χ2v) is 3.48. The van der Waals surface area contributed by atoms with Gasteiger partial charge in [0.1, 0.15) is 0 Å². The maximum Gasteiger partial charge on any atom is 0.252 e. The number of rotatable bonds is 2. The predicted octanol–water partition coefficient (Wildman–Crippen LogP) is 3.05. The van der Waals surface area contributed by atoms with E-state index >= 15 is 0 Å². The van der Waals surface area contributed by atoms with Crippen LogP contribution in [-0.4, -0.2) is 11.1 Å². The molecule has 0 aromatic rings. The monoisotopic (exact) mass is 216 g/mol. The molecule has 1 aliphatic rings. The van der Waals surface area contributed by atoms with Gasteiger partial charge in [-0.3, -0.25) is 4.79 Å². The van der Waals surface area contributed by atoms with Crippen molar-refractivity contribution < 1.29 is 4.79 Å². The Morgan fingerprint density at radius 1 is 1.62 bits per heavy atom. The summed E-state index contributed by atoms with van der Waals surface area (Å²) in [5.41, 5.74) is 0.519. The summed E-state index contributed by atoms with van der Waals surface area (Å²) in [6.07, 6.45) is 10.0. The number of allylic oxidation sites excluding steroid dienone is 6. The highest BCUT2D eigenvalue weighted by Crippen LogP contribution is 2.14. The van der Waals surface area contributed by atoms with Gasteiger partial charge >= 0.3 is 0 Å². The number of carbonyl (C=O) groups is 1. The van der Waals surface area contributed by atoms with E-state index in [4.69, 9.17) is 23.2 Å². The molecule has 70 valence electrons.